The van der Waals surface area contributed by atoms with E-state index in [4.69, 9.17) is 14.2 Å². The fraction of sp³-hybridized carbons (Fsp3) is 0.500. The topological polar surface area (TPSA) is 80.8 Å². The van der Waals surface area contributed by atoms with Gasteiger partial charge in [0.1, 0.15) is 12.2 Å². The van der Waals surface area contributed by atoms with Crippen LogP contribution in [-0.2, 0) is 14.2 Å². The van der Waals surface area contributed by atoms with E-state index < -0.39 is 24.5 Å². The van der Waals surface area contributed by atoms with Crippen LogP contribution in [0.1, 0.15) is 37.0 Å². The lowest BCUT2D eigenvalue weighted by atomic mass is 10.0. The Balaban J connectivity index is 1.66. The van der Waals surface area contributed by atoms with Gasteiger partial charge in [0.2, 0.25) is 0 Å². The summed E-state index contributed by atoms with van der Waals surface area (Å²) in [6.07, 6.45) is 0.456. The van der Waals surface area contributed by atoms with E-state index in [0.717, 1.165) is 17.3 Å². The zero-order chi connectivity index (χ0) is 17.1. The van der Waals surface area contributed by atoms with Crippen molar-refractivity contribution in [3.63, 3.8) is 0 Å². The number of hydrogen-bond acceptors (Lipinski definition) is 5. The monoisotopic (exact) mass is 333 g/mol. The number of hydrogen-bond donors (Lipinski definition) is 2. The molecule has 0 amide bonds. The maximum Gasteiger partial charge on any atom is 0.340 e. The number of nitrogens with one attached hydrogen (secondary N) is 1. The second kappa shape index (κ2) is 7.34. The van der Waals surface area contributed by atoms with E-state index in [0.29, 0.717) is 18.6 Å². The normalized spacial score (nSPS) is 27.3. The number of aromatic nitrogens is 1. The van der Waals surface area contributed by atoms with Crippen molar-refractivity contribution in [3.8, 4) is 0 Å². The van der Waals surface area contributed by atoms with Crippen molar-refractivity contribution in [2.45, 2.75) is 51.3 Å². The molecule has 3 rings (SSSR count). The number of aliphatic hydroxyl groups is 1. The van der Waals surface area contributed by atoms with Gasteiger partial charge in [0.25, 0.3) is 0 Å². The molecule has 2 N–H and O–H groups in total. The summed E-state index contributed by atoms with van der Waals surface area (Å²) in [7, 11) is 0. The Morgan fingerprint density at radius 2 is 2.21 bits per heavy atom. The molecule has 1 aromatic carbocycles. The standard InChI is InChI=1S/C18H23NO5/c1-3-8-22-18-15(20)9-16(11(2)23-18)24-17(21)13-10-19-14-7-5-4-6-12(13)14/h4-7,10-11,15-16,18-20H,3,8-9H2,1-2H3/t11?,15-,16+,18+/m0/s1. The number of aliphatic hydroxyl groups excluding tert-OH is 1. The van der Waals surface area contributed by atoms with Crippen molar-refractivity contribution >= 4 is 16.9 Å². The highest BCUT2D eigenvalue weighted by Gasteiger charge is 2.38. The number of carbonyl (C=O) groups is 1. The second-order valence-electron chi connectivity index (χ2n) is 6.08. The molecule has 24 heavy (non-hydrogen) atoms. The highest BCUT2D eigenvalue weighted by Crippen LogP contribution is 2.26. The van der Waals surface area contributed by atoms with Gasteiger partial charge in [-0.3, -0.25) is 0 Å². The molecule has 0 aliphatic carbocycles. The maximum atomic E-state index is 12.5. The Bertz CT molecular complexity index is 698. The third-order valence-electron chi connectivity index (χ3n) is 4.21. The van der Waals surface area contributed by atoms with Crippen LogP contribution in [0.25, 0.3) is 10.9 Å². The molecule has 0 spiro atoms. The molecule has 6 heteroatoms. The Morgan fingerprint density at radius 3 is 3.00 bits per heavy atom. The van der Waals surface area contributed by atoms with Crippen molar-refractivity contribution in [2.24, 2.45) is 0 Å². The van der Waals surface area contributed by atoms with E-state index >= 15 is 0 Å². The largest absolute Gasteiger partial charge is 0.456 e. The Labute approximate surface area is 140 Å². The second-order valence-corrected chi connectivity index (χ2v) is 6.08. The number of aromatic amines is 1. The SMILES string of the molecule is CCCO[C@@H]1OC(C)[C@H](OC(=O)c2c[nH]c3ccccc23)C[C@@H]1O. The summed E-state index contributed by atoms with van der Waals surface area (Å²) in [6.45, 7) is 4.33. The van der Waals surface area contributed by atoms with Crippen LogP contribution in [0.2, 0.25) is 0 Å². The fourth-order valence-corrected chi connectivity index (χ4v) is 2.90. The Kier molecular flexibility index (Phi) is 5.18. The number of para-hydroxylation sites is 1. The maximum absolute atomic E-state index is 12.5. The smallest absolute Gasteiger partial charge is 0.340 e. The van der Waals surface area contributed by atoms with Gasteiger partial charge in [-0.15, -0.1) is 0 Å². The number of ether oxygens (including phenoxy) is 3. The Hall–Kier alpha value is -1.89. The van der Waals surface area contributed by atoms with Gasteiger partial charge in [-0.25, -0.2) is 4.79 Å². The van der Waals surface area contributed by atoms with Crippen LogP contribution in [0.5, 0.6) is 0 Å². The molecule has 0 saturated carbocycles. The third-order valence-corrected chi connectivity index (χ3v) is 4.21. The molecular weight excluding hydrogens is 310 g/mol. The van der Waals surface area contributed by atoms with Gasteiger partial charge < -0.3 is 24.3 Å². The minimum Gasteiger partial charge on any atom is -0.456 e. The molecule has 1 aliphatic rings. The Morgan fingerprint density at radius 1 is 1.42 bits per heavy atom. The van der Waals surface area contributed by atoms with E-state index in [1.807, 2.05) is 38.1 Å². The van der Waals surface area contributed by atoms with Crippen LogP contribution in [-0.4, -0.2) is 47.3 Å². The van der Waals surface area contributed by atoms with E-state index in [-0.39, 0.29) is 6.10 Å². The molecule has 4 atom stereocenters. The average molecular weight is 333 g/mol. The first-order valence-corrected chi connectivity index (χ1v) is 8.32. The molecule has 0 bridgehead atoms. The zero-order valence-electron chi connectivity index (χ0n) is 13.9. The van der Waals surface area contributed by atoms with Crippen molar-refractivity contribution in [2.75, 3.05) is 6.61 Å². The summed E-state index contributed by atoms with van der Waals surface area (Å²) in [6, 6.07) is 7.54. The van der Waals surface area contributed by atoms with Crippen LogP contribution in [0, 0.1) is 0 Å². The molecule has 1 fully saturated rings. The van der Waals surface area contributed by atoms with Crippen molar-refractivity contribution in [1.29, 1.82) is 0 Å². The lowest BCUT2D eigenvalue weighted by molar-refractivity contribution is -0.260. The number of rotatable bonds is 5. The third kappa shape index (κ3) is 3.45. The van der Waals surface area contributed by atoms with E-state index in [9.17, 15) is 9.90 Å². The zero-order valence-corrected chi connectivity index (χ0v) is 13.9. The van der Waals surface area contributed by atoms with Gasteiger partial charge >= 0.3 is 5.97 Å². The molecule has 1 aromatic heterocycles. The summed E-state index contributed by atoms with van der Waals surface area (Å²) in [5.41, 5.74) is 1.36. The van der Waals surface area contributed by atoms with Crippen LogP contribution in [0.3, 0.4) is 0 Å². The lowest BCUT2D eigenvalue weighted by Gasteiger charge is -2.37. The number of esters is 1. The number of H-pyrrole nitrogens is 1. The van der Waals surface area contributed by atoms with Gasteiger partial charge in [0.05, 0.1) is 11.7 Å². The van der Waals surface area contributed by atoms with E-state index in [2.05, 4.69) is 4.98 Å². The number of fused-ring (bicyclic) bond motifs is 1. The van der Waals surface area contributed by atoms with Crippen LogP contribution < -0.4 is 0 Å². The summed E-state index contributed by atoms with van der Waals surface area (Å²) in [4.78, 5) is 15.5. The van der Waals surface area contributed by atoms with Crippen LogP contribution in [0.15, 0.2) is 30.5 Å². The molecule has 1 saturated heterocycles. The molecule has 1 aliphatic heterocycles. The van der Waals surface area contributed by atoms with Crippen molar-refractivity contribution < 1.29 is 24.1 Å². The summed E-state index contributed by atoms with van der Waals surface area (Å²) in [5, 5.41) is 11.0. The van der Waals surface area contributed by atoms with Crippen LogP contribution >= 0.6 is 0 Å². The van der Waals surface area contributed by atoms with Crippen LogP contribution in [0.4, 0.5) is 0 Å². The van der Waals surface area contributed by atoms with Crippen molar-refractivity contribution in [1.82, 2.24) is 4.98 Å². The first-order chi connectivity index (χ1) is 11.6. The minimum atomic E-state index is -0.812. The number of carbonyl (C=O) groups excluding carboxylic acids is 1. The molecule has 0 radical (unpaired) electrons. The van der Waals surface area contributed by atoms with E-state index in [1.165, 1.54) is 0 Å². The summed E-state index contributed by atoms with van der Waals surface area (Å²) >= 11 is 0. The molecular formula is C18H23NO5. The molecule has 130 valence electrons. The quantitative estimate of drug-likeness (QED) is 0.822. The first-order valence-electron chi connectivity index (χ1n) is 8.32. The number of benzene rings is 1. The van der Waals surface area contributed by atoms with Gasteiger partial charge in [-0.1, -0.05) is 25.1 Å². The van der Waals surface area contributed by atoms with Crippen molar-refractivity contribution in [3.05, 3.63) is 36.0 Å². The summed E-state index contributed by atoms with van der Waals surface area (Å²) in [5.74, 6) is -0.423. The molecule has 6 nitrogen and oxygen atoms in total. The highest BCUT2D eigenvalue weighted by molar-refractivity contribution is 6.04. The first kappa shape index (κ1) is 17.0. The predicted molar refractivity (Wildman–Crippen MR) is 88.7 cm³/mol. The summed E-state index contributed by atoms with van der Waals surface area (Å²) < 4.78 is 16.7. The molecule has 2 aromatic rings. The lowest BCUT2D eigenvalue weighted by Crippen LogP contribution is -2.48. The minimum absolute atomic E-state index is 0.295. The van der Waals surface area contributed by atoms with E-state index in [1.54, 1.807) is 6.20 Å². The predicted octanol–water partition coefficient (Wildman–Crippen LogP) is 2.62. The van der Waals surface area contributed by atoms with Gasteiger partial charge in [-0.2, -0.15) is 0 Å². The molecule has 1 unspecified atom stereocenters. The van der Waals surface area contributed by atoms with Gasteiger partial charge in [0.15, 0.2) is 6.29 Å². The molecule has 2 heterocycles. The highest BCUT2D eigenvalue weighted by atomic mass is 16.7. The van der Waals surface area contributed by atoms with Gasteiger partial charge in [-0.05, 0) is 19.4 Å². The van der Waals surface area contributed by atoms with Gasteiger partial charge in [0, 0.05) is 30.1 Å². The fourth-order valence-electron chi connectivity index (χ4n) is 2.90. The average Bonchev–Trinajstić information content (AvgIpc) is 3.00.